The number of hydrogen-bond donors (Lipinski definition) is 2. The van der Waals surface area contributed by atoms with E-state index in [2.05, 4.69) is 24.4 Å². The Hall–Kier alpha value is -1.55. The fourth-order valence-electron chi connectivity index (χ4n) is 5.92. The normalized spacial score (nSPS) is 37.1. The maximum atomic E-state index is 10.8. The molecule has 1 aromatic carbocycles. The van der Waals surface area contributed by atoms with E-state index in [1.807, 2.05) is 0 Å². The van der Waals surface area contributed by atoms with Crippen LogP contribution in [-0.4, -0.2) is 24.7 Å². The molecule has 2 saturated carbocycles. The van der Waals surface area contributed by atoms with E-state index in [9.17, 15) is 9.90 Å². The third-order valence-electron chi connectivity index (χ3n) is 7.21. The van der Waals surface area contributed by atoms with Gasteiger partial charge in [-0.15, -0.1) is 0 Å². The number of amides is 1. The molecule has 3 unspecified atom stereocenters. The zero-order valence-electron chi connectivity index (χ0n) is 14.5. The molecule has 4 heteroatoms. The van der Waals surface area contributed by atoms with Gasteiger partial charge in [0.2, 0.25) is 6.41 Å². The molecule has 3 aliphatic rings. The van der Waals surface area contributed by atoms with Crippen molar-refractivity contribution in [3.05, 3.63) is 23.3 Å². The van der Waals surface area contributed by atoms with Crippen LogP contribution in [-0.2, 0) is 11.2 Å². The van der Waals surface area contributed by atoms with E-state index >= 15 is 0 Å². The van der Waals surface area contributed by atoms with Crippen LogP contribution in [0.4, 0.5) is 5.69 Å². The number of benzene rings is 1. The first-order valence-electron chi connectivity index (χ1n) is 9.17. The maximum Gasteiger partial charge on any atom is 0.211 e. The van der Waals surface area contributed by atoms with E-state index in [4.69, 9.17) is 4.74 Å². The van der Waals surface area contributed by atoms with Crippen molar-refractivity contribution in [3.63, 3.8) is 0 Å². The SMILES string of the molecule is COc1cc2c(cc1NC=O)CCC1C2CC[C@@]2(C)C1CC[C@@H]2O. The maximum absolute atomic E-state index is 10.8. The number of carbonyl (C=O) groups excluding carboxylic acids is 1. The summed E-state index contributed by atoms with van der Waals surface area (Å²) in [5, 5.41) is 13.2. The van der Waals surface area contributed by atoms with Crippen molar-refractivity contribution in [2.45, 2.75) is 57.5 Å². The molecule has 130 valence electrons. The Morgan fingerprint density at radius 3 is 2.88 bits per heavy atom. The summed E-state index contributed by atoms with van der Waals surface area (Å²) in [6.07, 6.45) is 7.20. The van der Waals surface area contributed by atoms with Crippen molar-refractivity contribution in [2.75, 3.05) is 12.4 Å². The number of nitrogens with one attached hydrogen (secondary N) is 1. The van der Waals surface area contributed by atoms with E-state index < -0.39 is 0 Å². The van der Waals surface area contributed by atoms with Gasteiger partial charge in [-0.25, -0.2) is 0 Å². The highest BCUT2D eigenvalue weighted by atomic mass is 16.5. The first-order chi connectivity index (χ1) is 11.6. The number of aryl methyl sites for hydroxylation is 1. The Bertz CT molecular complexity index is 659. The standard InChI is InChI=1S/C20H27NO3/c1-20-8-7-13-14(16(20)5-6-19(20)23)4-3-12-9-17(21-11-22)18(24-2)10-15(12)13/h9-11,13-14,16,19,23H,3-8H2,1-2H3,(H,21,22)/t13?,14?,16?,19-,20-/m0/s1. The van der Waals surface area contributed by atoms with E-state index in [-0.39, 0.29) is 11.5 Å². The largest absolute Gasteiger partial charge is 0.495 e. The van der Waals surface area contributed by atoms with Gasteiger partial charge in [-0.1, -0.05) is 6.92 Å². The summed E-state index contributed by atoms with van der Waals surface area (Å²) < 4.78 is 5.51. The molecule has 0 aromatic heterocycles. The molecule has 4 nitrogen and oxygen atoms in total. The van der Waals surface area contributed by atoms with Crippen molar-refractivity contribution < 1.29 is 14.6 Å². The number of aliphatic hydroxyl groups is 1. The van der Waals surface area contributed by atoms with Crippen LogP contribution in [0.15, 0.2) is 12.1 Å². The van der Waals surface area contributed by atoms with Crippen LogP contribution in [0.25, 0.3) is 0 Å². The van der Waals surface area contributed by atoms with Gasteiger partial charge in [0.05, 0.1) is 18.9 Å². The third-order valence-corrected chi connectivity index (χ3v) is 7.21. The fourth-order valence-corrected chi connectivity index (χ4v) is 5.92. The lowest BCUT2D eigenvalue weighted by molar-refractivity contribution is -0.105. The number of carbonyl (C=O) groups is 1. The van der Waals surface area contributed by atoms with Gasteiger partial charge in [-0.05, 0) is 85.0 Å². The van der Waals surface area contributed by atoms with Crippen LogP contribution in [0, 0.1) is 17.3 Å². The van der Waals surface area contributed by atoms with Crippen LogP contribution in [0.1, 0.15) is 56.1 Å². The Morgan fingerprint density at radius 2 is 2.12 bits per heavy atom. The van der Waals surface area contributed by atoms with Gasteiger partial charge < -0.3 is 15.2 Å². The Labute approximate surface area is 143 Å². The fraction of sp³-hybridized carbons (Fsp3) is 0.650. The van der Waals surface area contributed by atoms with Crippen molar-refractivity contribution in [3.8, 4) is 5.75 Å². The second-order valence-corrected chi connectivity index (χ2v) is 8.07. The van der Waals surface area contributed by atoms with Crippen molar-refractivity contribution >= 4 is 12.1 Å². The molecular formula is C20H27NO3. The molecule has 4 rings (SSSR count). The van der Waals surface area contributed by atoms with E-state index in [1.54, 1.807) is 7.11 Å². The highest BCUT2D eigenvalue weighted by Crippen LogP contribution is 2.61. The molecule has 0 aliphatic heterocycles. The molecule has 0 bridgehead atoms. The Kier molecular flexibility index (Phi) is 3.83. The van der Waals surface area contributed by atoms with Crippen LogP contribution in [0.3, 0.4) is 0 Å². The van der Waals surface area contributed by atoms with Crippen LogP contribution < -0.4 is 10.1 Å². The Balaban J connectivity index is 1.71. The highest BCUT2D eigenvalue weighted by molar-refractivity contribution is 5.76. The summed E-state index contributed by atoms with van der Waals surface area (Å²) in [5.74, 6) is 2.62. The number of methoxy groups -OCH3 is 1. The summed E-state index contributed by atoms with van der Waals surface area (Å²) in [6, 6.07) is 4.24. The minimum atomic E-state index is -0.126. The van der Waals surface area contributed by atoms with E-state index in [0.717, 1.165) is 43.5 Å². The summed E-state index contributed by atoms with van der Waals surface area (Å²) in [4.78, 5) is 10.8. The molecule has 3 aliphatic carbocycles. The van der Waals surface area contributed by atoms with Crippen LogP contribution >= 0.6 is 0 Å². The number of ether oxygens (including phenoxy) is 1. The molecule has 1 amide bonds. The predicted octanol–water partition coefficient (Wildman–Crippen LogP) is 3.48. The lowest BCUT2D eigenvalue weighted by Gasteiger charge is -2.50. The number of aliphatic hydroxyl groups excluding tert-OH is 1. The molecule has 0 heterocycles. The second-order valence-electron chi connectivity index (χ2n) is 8.07. The minimum Gasteiger partial charge on any atom is -0.495 e. The predicted molar refractivity (Wildman–Crippen MR) is 93.3 cm³/mol. The van der Waals surface area contributed by atoms with Crippen molar-refractivity contribution in [2.24, 2.45) is 17.3 Å². The van der Waals surface area contributed by atoms with E-state index in [0.29, 0.717) is 24.2 Å². The average Bonchev–Trinajstić information content (AvgIpc) is 2.89. The van der Waals surface area contributed by atoms with Crippen molar-refractivity contribution in [1.29, 1.82) is 0 Å². The number of hydrogen-bond acceptors (Lipinski definition) is 3. The molecule has 5 atom stereocenters. The smallest absolute Gasteiger partial charge is 0.211 e. The van der Waals surface area contributed by atoms with Crippen molar-refractivity contribution in [1.82, 2.24) is 0 Å². The van der Waals surface area contributed by atoms with Crippen LogP contribution in [0.2, 0.25) is 0 Å². The molecular weight excluding hydrogens is 302 g/mol. The highest BCUT2D eigenvalue weighted by Gasteiger charge is 2.54. The number of anilines is 1. The first kappa shape index (κ1) is 15.9. The zero-order chi connectivity index (χ0) is 16.9. The molecule has 1 aromatic rings. The Morgan fingerprint density at radius 1 is 1.29 bits per heavy atom. The molecule has 2 N–H and O–H groups in total. The van der Waals surface area contributed by atoms with Gasteiger partial charge >= 0.3 is 0 Å². The lowest BCUT2D eigenvalue weighted by Crippen LogP contribution is -2.43. The molecule has 0 radical (unpaired) electrons. The van der Waals surface area contributed by atoms with Gasteiger partial charge in [0, 0.05) is 0 Å². The van der Waals surface area contributed by atoms with Gasteiger partial charge in [0.1, 0.15) is 5.75 Å². The van der Waals surface area contributed by atoms with Gasteiger partial charge in [0.25, 0.3) is 0 Å². The quantitative estimate of drug-likeness (QED) is 0.835. The molecule has 24 heavy (non-hydrogen) atoms. The van der Waals surface area contributed by atoms with Gasteiger partial charge in [-0.2, -0.15) is 0 Å². The average molecular weight is 329 g/mol. The monoisotopic (exact) mass is 329 g/mol. The summed E-state index contributed by atoms with van der Waals surface area (Å²) >= 11 is 0. The minimum absolute atomic E-state index is 0.113. The van der Waals surface area contributed by atoms with E-state index in [1.165, 1.54) is 17.5 Å². The van der Waals surface area contributed by atoms with Crippen LogP contribution in [0.5, 0.6) is 5.75 Å². The second kappa shape index (κ2) is 5.76. The summed E-state index contributed by atoms with van der Waals surface area (Å²) in [6.45, 7) is 2.30. The van der Waals surface area contributed by atoms with Gasteiger partial charge in [-0.3, -0.25) is 4.79 Å². The molecule has 0 saturated heterocycles. The number of fused-ring (bicyclic) bond motifs is 5. The summed E-state index contributed by atoms with van der Waals surface area (Å²) in [5.41, 5.74) is 3.63. The third kappa shape index (κ3) is 2.19. The van der Waals surface area contributed by atoms with Gasteiger partial charge in [0.15, 0.2) is 0 Å². The number of rotatable bonds is 3. The lowest BCUT2D eigenvalue weighted by atomic mass is 9.55. The topological polar surface area (TPSA) is 58.6 Å². The zero-order valence-corrected chi connectivity index (χ0v) is 14.5. The first-order valence-corrected chi connectivity index (χ1v) is 9.17. The molecule has 2 fully saturated rings. The molecule has 0 spiro atoms. The summed E-state index contributed by atoms with van der Waals surface area (Å²) in [7, 11) is 1.66.